The fraction of sp³-hybridized carbons (Fsp3) is 0.321. The van der Waals surface area contributed by atoms with Gasteiger partial charge in [-0.15, -0.1) is 0 Å². The topological polar surface area (TPSA) is 131 Å². The average molecular weight is 568 g/mol. The van der Waals surface area contributed by atoms with Gasteiger partial charge in [0.2, 0.25) is 10.0 Å². The molecular formula is C28H29N3O6S2. The Hall–Kier alpha value is -3.59. The Morgan fingerprint density at radius 1 is 1.00 bits per heavy atom. The Labute approximate surface area is 228 Å². The van der Waals surface area contributed by atoms with E-state index in [1.54, 1.807) is 29.2 Å². The summed E-state index contributed by atoms with van der Waals surface area (Å²) in [7, 11) is -7.88. The van der Waals surface area contributed by atoms with E-state index >= 15 is 0 Å². The lowest BCUT2D eigenvalue weighted by atomic mass is 9.74. The van der Waals surface area contributed by atoms with Crippen LogP contribution in [0.25, 0.3) is 0 Å². The van der Waals surface area contributed by atoms with Crippen LogP contribution in [0, 0.1) is 11.8 Å². The highest BCUT2D eigenvalue weighted by molar-refractivity contribution is 8.08. The van der Waals surface area contributed by atoms with Crippen molar-refractivity contribution in [2.45, 2.75) is 24.8 Å². The number of likely N-dealkylation sites (tertiary alicyclic amines) is 1. The molecule has 39 heavy (non-hydrogen) atoms. The second kappa shape index (κ2) is 10.2. The largest absolute Gasteiger partial charge is 0.443 e. The van der Waals surface area contributed by atoms with E-state index in [1.807, 2.05) is 36.4 Å². The summed E-state index contributed by atoms with van der Waals surface area (Å²) in [6, 6.07) is 18.1. The number of carbonyl (C=O) groups is 1. The van der Waals surface area contributed by atoms with Crippen molar-refractivity contribution >= 4 is 31.5 Å². The fourth-order valence-corrected chi connectivity index (χ4v) is 8.85. The molecule has 0 unspecified atom stereocenters. The molecule has 2 aromatic carbocycles. The monoisotopic (exact) mass is 567 g/mol. The standard InChI is InChI=1S/C28H29N3O6S2/c1-38(33,34)20-39(35,36)31-19-28(24-17-22(18-29)8-11-25(24)31)13-15-30(16-14-28)27(32)26-12-10-23(37-26)9-7-21-5-3-2-4-6-21/h2-6,8,10-12,17H,13-16,18-20,29H2,1H3. The maximum absolute atomic E-state index is 13.2. The molecule has 0 aliphatic carbocycles. The van der Waals surface area contributed by atoms with Crippen molar-refractivity contribution in [3.8, 4) is 11.8 Å². The van der Waals surface area contributed by atoms with E-state index < -0.39 is 30.4 Å². The lowest BCUT2D eigenvalue weighted by Gasteiger charge is -2.39. The molecule has 9 nitrogen and oxygen atoms in total. The third kappa shape index (κ3) is 5.59. The first-order valence-corrected chi connectivity index (χ1v) is 16.1. The highest BCUT2D eigenvalue weighted by Crippen LogP contribution is 2.48. The Bertz CT molecular complexity index is 1680. The van der Waals surface area contributed by atoms with Crippen molar-refractivity contribution in [3.05, 3.63) is 88.9 Å². The molecule has 5 rings (SSSR count). The van der Waals surface area contributed by atoms with E-state index in [9.17, 15) is 21.6 Å². The number of anilines is 1. The molecule has 11 heteroatoms. The molecule has 3 heterocycles. The first-order valence-electron chi connectivity index (χ1n) is 12.5. The maximum atomic E-state index is 13.2. The van der Waals surface area contributed by atoms with Crippen molar-refractivity contribution in [1.29, 1.82) is 0 Å². The van der Waals surface area contributed by atoms with Gasteiger partial charge in [0, 0.05) is 43.4 Å². The third-order valence-electron chi connectivity index (χ3n) is 7.21. The highest BCUT2D eigenvalue weighted by Gasteiger charge is 2.49. The molecule has 2 N–H and O–H groups in total. The van der Waals surface area contributed by atoms with E-state index in [1.165, 1.54) is 4.31 Å². The van der Waals surface area contributed by atoms with Gasteiger partial charge in [0.25, 0.3) is 5.91 Å². The quantitative estimate of drug-likeness (QED) is 0.469. The van der Waals surface area contributed by atoms with Crippen LogP contribution in [0.4, 0.5) is 5.69 Å². The number of hydrogen-bond donors (Lipinski definition) is 1. The summed E-state index contributed by atoms with van der Waals surface area (Å²) >= 11 is 0. The van der Waals surface area contributed by atoms with Crippen LogP contribution in [-0.2, 0) is 31.8 Å². The van der Waals surface area contributed by atoms with E-state index in [-0.39, 0.29) is 24.8 Å². The molecule has 1 amide bonds. The molecular weight excluding hydrogens is 538 g/mol. The SMILES string of the molecule is CS(=O)(=O)CS(=O)(=O)N1CC2(CCN(C(=O)c3ccc(C#Cc4ccccc4)o3)CC2)c2cc(CN)ccc21. The number of sulfonamides is 1. The summed E-state index contributed by atoms with van der Waals surface area (Å²) in [6.07, 6.45) is 1.92. The van der Waals surface area contributed by atoms with Crippen LogP contribution < -0.4 is 10.0 Å². The number of fused-ring (bicyclic) bond motifs is 2. The molecule has 1 spiro atoms. The molecule has 0 bridgehead atoms. The number of carbonyl (C=O) groups excluding carboxylic acids is 1. The van der Waals surface area contributed by atoms with Gasteiger partial charge in [-0.2, -0.15) is 0 Å². The van der Waals surface area contributed by atoms with E-state index in [0.717, 1.165) is 22.9 Å². The van der Waals surface area contributed by atoms with Gasteiger partial charge >= 0.3 is 0 Å². The van der Waals surface area contributed by atoms with Gasteiger partial charge in [-0.1, -0.05) is 36.3 Å². The van der Waals surface area contributed by atoms with Crippen molar-refractivity contribution in [2.75, 3.05) is 35.3 Å². The molecule has 1 fully saturated rings. The van der Waals surface area contributed by atoms with Crippen LogP contribution in [0.5, 0.6) is 0 Å². The molecule has 1 aromatic heterocycles. The normalized spacial score (nSPS) is 16.6. The molecule has 0 radical (unpaired) electrons. The number of amides is 1. The Morgan fingerprint density at radius 2 is 1.72 bits per heavy atom. The van der Waals surface area contributed by atoms with Gasteiger partial charge < -0.3 is 15.1 Å². The zero-order chi connectivity index (χ0) is 27.8. The first kappa shape index (κ1) is 27.0. The van der Waals surface area contributed by atoms with Crippen LogP contribution in [-0.4, -0.2) is 58.6 Å². The third-order valence-corrected chi connectivity index (χ3v) is 11.1. The lowest BCUT2D eigenvalue weighted by molar-refractivity contribution is 0.0642. The number of nitrogens with two attached hydrogens (primary N) is 1. The minimum absolute atomic E-state index is 0.121. The van der Waals surface area contributed by atoms with Gasteiger partial charge in [-0.05, 0) is 60.2 Å². The summed E-state index contributed by atoms with van der Waals surface area (Å²) in [4.78, 5) is 14.9. The molecule has 0 saturated carbocycles. The second-order valence-corrected chi connectivity index (χ2v) is 14.5. The minimum Gasteiger partial charge on any atom is -0.443 e. The van der Waals surface area contributed by atoms with Crippen molar-refractivity contribution in [3.63, 3.8) is 0 Å². The predicted octanol–water partition coefficient (Wildman–Crippen LogP) is 2.46. The van der Waals surface area contributed by atoms with Gasteiger partial charge in [0.1, 0.15) is 0 Å². The summed E-state index contributed by atoms with van der Waals surface area (Å²) < 4.78 is 56.9. The lowest BCUT2D eigenvalue weighted by Crippen LogP contribution is -2.48. The van der Waals surface area contributed by atoms with E-state index in [2.05, 4.69) is 11.8 Å². The van der Waals surface area contributed by atoms with E-state index in [4.69, 9.17) is 10.2 Å². The van der Waals surface area contributed by atoms with Gasteiger partial charge in [0.15, 0.2) is 26.4 Å². The van der Waals surface area contributed by atoms with Crippen molar-refractivity contribution in [1.82, 2.24) is 4.90 Å². The molecule has 204 valence electrons. The van der Waals surface area contributed by atoms with Crippen LogP contribution in [0.15, 0.2) is 65.1 Å². The summed E-state index contributed by atoms with van der Waals surface area (Å²) in [5.41, 5.74) is 8.30. The predicted molar refractivity (Wildman–Crippen MR) is 148 cm³/mol. The zero-order valence-corrected chi connectivity index (χ0v) is 23.1. The van der Waals surface area contributed by atoms with Crippen LogP contribution in [0.2, 0.25) is 0 Å². The molecule has 2 aliphatic rings. The number of nitrogens with zero attached hydrogens (tertiary/aromatic N) is 2. The summed E-state index contributed by atoms with van der Waals surface area (Å²) in [5.74, 6) is 6.26. The number of piperidine rings is 1. The number of hydrogen-bond acceptors (Lipinski definition) is 7. The van der Waals surface area contributed by atoms with Crippen LogP contribution in [0.3, 0.4) is 0 Å². The number of sulfone groups is 1. The smallest absolute Gasteiger partial charge is 0.289 e. The van der Waals surface area contributed by atoms with Crippen LogP contribution in [0.1, 0.15) is 45.8 Å². The van der Waals surface area contributed by atoms with Gasteiger partial charge in [0.05, 0.1) is 5.69 Å². The Morgan fingerprint density at radius 3 is 2.38 bits per heavy atom. The van der Waals surface area contributed by atoms with Crippen molar-refractivity contribution < 1.29 is 26.0 Å². The Kier molecular flexibility index (Phi) is 7.05. The maximum Gasteiger partial charge on any atom is 0.289 e. The summed E-state index contributed by atoms with van der Waals surface area (Å²) in [5, 5.41) is -0.966. The van der Waals surface area contributed by atoms with Gasteiger partial charge in [-0.3, -0.25) is 9.10 Å². The fourth-order valence-electron chi connectivity index (χ4n) is 5.28. The Balaban J connectivity index is 1.35. The molecule has 1 saturated heterocycles. The molecule has 0 atom stereocenters. The van der Waals surface area contributed by atoms with E-state index in [0.29, 0.717) is 37.4 Å². The van der Waals surface area contributed by atoms with Crippen LogP contribution >= 0.6 is 0 Å². The van der Waals surface area contributed by atoms with Gasteiger partial charge in [-0.25, -0.2) is 16.8 Å². The summed E-state index contributed by atoms with van der Waals surface area (Å²) in [6.45, 7) is 1.18. The number of rotatable bonds is 5. The molecule has 3 aromatic rings. The number of benzene rings is 2. The van der Waals surface area contributed by atoms with Crippen molar-refractivity contribution in [2.24, 2.45) is 5.73 Å². The average Bonchev–Trinajstić information content (AvgIpc) is 3.50. The first-order chi connectivity index (χ1) is 18.5. The molecule has 2 aliphatic heterocycles. The zero-order valence-electron chi connectivity index (χ0n) is 21.5. The minimum atomic E-state index is -4.12. The number of furan rings is 1. The second-order valence-electron chi connectivity index (χ2n) is 10.1. The highest BCUT2D eigenvalue weighted by atomic mass is 32.3.